The highest BCUT2D eigenvalue weighted by Crippen LogP contribution is 2.26. The maximum atomic E-state index is 12.2. The number of carbonyl (C=O) groups is 1. The molecule has 1 amide bonds. The predicted octanol–water partition coefficient (Wildman–Crippen LogP) is 2.10. The third kappa shape index (κ3) is 4.55. The highest BCUT2D eigenvalue weighted by atomic mass is 16.1. The summed E-state index contributed by atoms with van der Waals surface area (Å²) in [5.74, 6) is -0.296. The standard InChI is InChI=1S/C17H29N3O/c1-4-12-17(16(18)21,15-10-8-7-9-11-15)19-13-14-20(5-2)6-3/h7-11,19H,4-6,12-14H2,1-3H3,(H2,18,21). The summed E-state index contributed by atoms with van der Waals surface area (Å²) in [4.78, 5) is 14.5. The highest BCUT2D eigenvalue weighted by molar-refractivity contribution is 5.86. The predicted molar refractivity (Wildman–Crippen MR) is 88.0 cm³/mol. The maximum Gasteiger partial charge on any atom is 0.242 e. The number of amides is 1. The Morgan fingerprint density at radius 1 is 1.19 bits per heavy atom. The van der Waals surface area contributed by atoms with E-state index in [2.05, 4.69) is 31.0 Å². The van der Waals surface area contributed by atoms with E-state index in [0.717, 1.165) is 38.2 Å². The fourth-order valence-electron chi connectivity index (χ4n) is 2.75. The quantitative estimate of drug-likeness (QED) is 0.694. The average Bonchev–Trinajstić information content (AvgIpc) is 2.51. The molecule has 1 atom stereocenters. The molecule has 1 aromatic rings. The van der Waals surface area contributed by atoms with Crippen molar-refractivity contribution in [1.82, 2.24) is 10.2 Å². The smallest absolute Gasteiger partial charge is 0.242 e. The Morgan fingerprint density at radius 3 is 2.29 bits per heavy atom. The zero-order chi connectivity index (χ0) is 15.7. The van der Waals surface area contributed by atoms with Crippen molar-refractivity contribution in [2.75, 3.05) is 26.2 Å². The van der Waals surface area contributed by atoms with Crippen LogP contribution in [0.1, 0.15) is 39.2 Å². The number of rotatable bonds is 10. The first kappa shape index (κ1) is 17.7. The van der Waals surface area contributed by atoms with Gasteiger partial charge >= 0.3 is 0 Å². The van der Waals surface area contributed by atoms with Crippen LogP contribution in [0.2, 0.25) is 0 Å². The van der Waals surface area contributed by atoms with E-state index in [-0.39, 0.29) is 5.91 Å². The van der Waals surface area contributed by atoms with Crippen molar-refractivity contribution >= 4 is 5.91 Å². The molecule has 4 heteroatoms. The fraction of sp³-hybridized carbons (Fsp3) is 0.588. The van der Waals surface area contributed by atoms with E-state index in [9.17, 15) is 4.79 Å². The summed E-state index contributed by atoms with van der Waals surface area (Å²) in [5.41, 5.74) is 5.95. The van der Waals surface area contributed by atoms with E-state index in [4.69, 9.17) is 5.73 Å². The van der Waals surface area contributed by atoms with Crippen LogP contribution in [0.4, 0.5) is 0 Å². The summed E-state index contributed by atoms with van der Waals surface area (Å²) in [7, 11) is 0. The molecule has 3 N–H and O–H groups in total. The molecular formula is C17H29N3O. The Kier molecular flexibility index (Phi) is 7.40. The van der Waals surface area contributed by atoms with Crippen LogP contribution in [0.3, 0.4) is 0 Å². The topological polar surface area (TPSA) is 58.4 Å². The SMILES string of the molecule is CCCC(NCCN(CC)CC)(C(N)=O)c1ccccc1. The second-order valence-electron chi connectivity index (χ2n) is 5.34. The summed E-state index contributed by atoms with van der Waals surface area (Å²) in [5, 5.41) is 3.43. The van der Waals surface area contributed by atoms with Gasteiger partial charge in [0.1, 0.15) is 5.54 Å². The molecule has 0 saturated carbocycles. The monoisotopic (exact) mass is 291 g/mol. The summed E-state index contributed by atoms with van der Waals surface area (Å²) in [6.45, 7) is 10.1. The lowest BCUT2D eigenvalue weighted by atomic mass is 9.84. The Balaban J connectivity index is 2.89. The van der Waals surface area contributed by atoms with E-state index in [1.54, 1.807) is 0 Å². The van der Waals surface area contributed by atoms with Gasteiger partial charge < -0.3 is 10.6 Å². The lowest BCUT2D eigenvalue weighted by Crippen LogP contribution is -2.54. The van der Waals surface area contributed by atoms with Gasteiger partial charge in [0.2, 0.25) is 5.91 Å². The molecule has 0 spiro atoms. The second-order valence-corrected chi connectivity index (χ2v) is 5.34. The first-order valence-electron chi connectivity index (χ1n) is 7.93. The first-order valence-corrected chi connectivity index (χ1v) is 7.93. The van der Waals surface area contributed by atoms with E-state index in [1.165, 1.54) is 0 Å². The van der Waals surface area contributed by atoms with Crippen molar-refractivity contribution in [3.8, 4) is 0 Å². The van der Waals surface area contributed by atoms with Crippen LogP contribution in [0.25, 0.3) is 0 Å². The summed E-state index contributed by atoms with van der Waals surface area (Å²) in [6, 6.07) is 9.82. The molecular weight excluding hydrogens is 262 g/mol. The molecule has 21 heavy (non-hydrogen) atoms. The minimum atomic E-state index is -0.761. The molecule has 0 heterocycles. The van der Waals surface area contributed by atoms with Crippen molar-refractivity contribution in [1.29, 1.82) is 0 Å². The van der Waals surface area contributed by atoms with E-state index in [1.807, 2.05) is 30.3 Å². The first-order chi connectivity index (χ1) is 10.1. The van der Waals surface area contributed by atoms with Gasteiger partial charge in [0.25, 0.3) is 0 Å². The number of hydrogen-bond donors (Lipinski definition) is 2. The van der Waals surface area contributed by atoms with Gasteiger partial charge in [0.05, 0.1) is 0 Å². The third-order valence-corrected chi connectivity index (χ3v) is 4.06. The van der Waals surface area contributed by atoms with Gasteiger partial charge in [-0.25, -0.2) is 0 Å². The number of hydrogen-bond acceptors (Lipinski definition) is 3. The van der Waals surface area contributed by atoms with Crippen LogP contribution in [0.5, 0.6) is 0 Å². The molecule has 0 fully saturated rings. The molecule has 0 aliphatic rings. The fourth-order valence-corrected chi connectivity index (χ4v) is 2.75. The summed E-state index contributed by atoms with van der Waals surface area (Å²) < 4.78 is 0. The number of nitrogens with two attached hydrogens (primary N) is 1. The highest BCUT2D eigenvalue weighted by Gasteiger charge is 2.36. The number of likely N-dealkylation sites (N-methyl/N-ethyl adjacent to an activating group) is 1. The van der Waals surface area contributed by atoms with Gasteiger partial charge in [-0.1, -0.05) is 57.5 Å². The van der Waals surface area contributed by atoms with Gasteiger partial charge in [0, 0.05) is 13.1 Å². The van der Waals surface area contributed by atoms with E-state index >= 15 is 0 Å². The average molecular weight is 291 g/mol. The van der Waals surface area contributed by atoms with Crippen molar-refractivity contribution < 1.29 is 4.79 Å². The van der Waals surface area contributed by atoms with Crippen LogP contribution < -0.4 is 11.1 Å². The summed E-state index contributed by atoms with van der Waals surface area (Å²) >= 11 is 0. The minimum absolute atomic E-state index is 0.296. The molecule has 1 aromatic carbocycles. The van der Waals surface area contributed by atoms with Gasteiger partial charge in [-0.3, -0.25) is 10.1 Å². The van der Waals surface area contributed by atoms with Crippen LogP contribution in [0.15, 0.2) is 30.3 Å². The van der Waals surface area contributed by atoms with Gasteiger partial charge in [-0.2, -0.15) is 0 Å². The number of benzene rings is 1. The Labute approximate surface area is 128 Å². The lowest BCUT2D eigenvalue weighted by molar-refractivity contribution is -0.125. The molecule has 1 unspecified atom stereocenters. The molecule has 1 rings (SSSR count). The largest absolute Gasteiger partial charge is 0.368 e. The van der Waals surface area contributed by atoms with Crippen LogP contribution in [-0.4, -0.2) is 37.0 Å². The number of nitrogens with one attached hydrogen (secondary N) is 1. The van der Waals surface area contributed by atoms with E-state index < -0.39 is 5.54 Å². The van der Waals surface area contributed by atoms with Crippen LogP contribution in [-0.2, 0) is 10.3 Å². The molecule has 118 valence electrons. The van der Waals surface area contributed by atoms with E-state index in [0.29, 0.717) is 6.42 Å². The molecule has 0 bridgehead atoms. The third-order valence-electron chi connectivity index (χ3n) is 4.06. The van der Waals surface area contributed by atoms with Gasteiger partial charge in [0.15, 0.2) is 0 Å². The molecule has 0 aliphatic heterocycles. The zero-order valence-electron chi connectivity index (χ0n) is 13.6. The second kappa shape index (κ2) is 8.80. The van der Waals surface area contributed by atoms with Crippen molar-refractivity contribution in [3.63, 3.8) is 0 Å². The normalized spacial score (nSPS) is 14.1. The molecule has 0 saturated heterocycles. The Bertz CT molecular complexity index is 417. The molecule has 4 nitrogen and oxygen atoms in total. The number of carbonyl (C=O) groups excluding carboxylic acids is 1. The van der Waals surface area contributed by atoms with Crippen molar-refractivity contribution in [3.05, 3.63) is 35.9 Å². The molecule has 0 aromatic heterocycles. The molecule has 0 aliphatic carbocycles. The Morgan fingerprint density at radius 2 is 1.81 bits per heavy atom. The lowest BCUT2D eigenvalue weighted by Gasteiger charge is -2.33. The summed E-state index contributed by atoms with van der Waals surface area (Å²) in [6.07, 6.45) is 1.61. The van der Waals surface area contributed by atoms with Gasteiger partial charge in [-0.05, 0) is 25.1 Å². The Hall–Kier alpha value is -1.39. The van der Waals surface area contributed by atoms with Crippen LogP contribution in [0, 0.1) is 0 Å². The number of nitrogens with zero attached hydrogens (tertiary/aromatic N) is 1. The molecule has 0 radical (unpaired) electrons. The van der Waals surface area contributed by atoms with Crippen molar-refractivity contribution in [2.45, 2.75) is 39.2 Å². The minimum Gasteiger partial charge on any atom is -0.368 e. The van der Waals surface area contributed by atoms with Crippen molar-refractivity contribution in [2.24, 2.45) is 5.73 Å². The zero-order valence-corrected chi connectivity index (χ0v) is 13.6. The number of primary amides is 1. The van der Waals surface area contributed by atoms with Crippen LogP contribution >= 0.6 is 0 Å². The van der Waals surface area contributed by atoms with Gasteiger partial charge in [-0.15, -0.1) is 0 Å². The maximum absolute atomic E-state index is 12.2.